The Morgan fingerprint density at radius 3 is 2.40 bits per heavy atom. The third-order valence-corrected chi connectivity index (χ3v) is 5.21. The number of ether oxygens (including phenoxy) is 1. The molecule has 0 saturated carbocycles. The number of rotatable bonds is 6. The lowest BCUT2D eigenvalue weighted by Crippen LogP contribution is -2.28. The summed E-state index contributed by atoms with van der Waals surface area (Å²) in [5, 5.41) is 2.91. The maximum atomic E-state index is 12.7. The van der Waals surface area contributed by atoms with E-state index in [4.69, 9.17) is 4.74 Å². The molecule has 0 spiro atoms. The first-order chi connectivity index (χ1) is 14.6. The molecule has 1 aliphatic heterocycles. The van der Waals surface area contributed by atoms with Crippen molar-refractivity contribution in [1.82, 2.24) is 0 Å². The molecule has 1 atom stereocenters. The molecule has 5 heteroatoms. The number of hydrogen-bond donors (Lipinski definition) is 1. The van der Waals surface area contributed by atoms with Crippen LogP contribution in [-0.2, 0) is 16.2 Å². The molecule has 0 aliphatic carbocycles. The average Bonchev–Trinajstić information content (AvgIpc) is 3.16. The molecule has 5 nitrogen and oxygen atoms in total. The third kappa shape index (κ3) is 4.69. The van der Waals surface area contributed by atoms with E-state index in [1.165, 1.54) is 0 Å². The molecule has 0 aromatic heterocycles. The number of nitrogens with one attached hydrogen (secondary N) is 1. The molecule has 3 aromatic rings. The van der Waals surface area contributed by atoms with Gasteiger partial charge in [-0.3, -0.25) is 9.59 Å². The van der Waals surface area contributed by atoms with Crippen LogP contribution in [0.5, 0.6) is 5.75 Å². The van der Waals surface area contributed by atoms with Crippen molar-refractivity contribution in [2.75, 3.05) is 16.8 Å². The summed E-state index contributed by atoms with van der Waals surface area (Å²) in [4.78, 5) is 26.7. The summed E-state index contributed by atoms with van der Waals surface area (Å²) in [6.45, 7) is 2.89. The van der Waals surface area contributed by atoms with Gasteiger partial charge in [0, 0.05) is 24.3 Å². The van der Waals surface area contributed by atoms with E-state index >= 15 is 0 Å². The second kappa shape index (κ2) is 8.82. The van der Waals surface area contributed by atoms with Crippen molar-refractivity contribution in [2.24, 2.45) is 5.92 Å². The standard InChI is InChI=1S/C25H24N2O3/c1-18-7-11-22(12-8-18)27-16-20(15-24(27)28)25(29)26-21-9-13-23(14-10-21)30-17-19-5-3-2-4-6-19/h2-14,20H,15-17H2,1H3,(H,26,29)/t20-/m1/s1. The van der Waals surface area contributed by atoms with Gasteiger partial charge in [-0.1, -0.05) is 48.0 Å². The summed E-state index contributed by atoms with van der Waals surface area (Å²) in [5.74, 6) is 0.200. The first-order valence-corrected chi connectivity index (χ1v) is 10.0. The number of benzene rings is 3. The Bertz CT molecular complexity index is 1010. The number of hydrogen-bond acceptors (Lipinski definition) is 3. The molecule has 1 aliphatic rings. The molecule has 30 heavy (non-hydrogen) atoms. The topological polar surface area (TPSA) is 58.6 Å². The van der Waals surface area contributed by atoms with Crippen LogP contribution in [-0.4, -0.2) is 18.4 Å². The molecule has 3 aromatic carbocycles. The monoisotopic (exact) mass is 400 g/mol. The van der Waals surface area contributed by atoms with E-state index in [0.717, 1.165) is 22.6 Å². The molecule has 1 N–H and O–H groups in total. The predicted octanol–water partition coefficient (Wildman–Crippen LogP) is 4.57. The Kier molecular flexibility index (Phi) is 5.80. The van der Waals surface area contributed by atoms with Crippen LogP contribution < -0.4 is 15.0 Å². The van der Waals surface area contributed by atoms with Gasteiger partial charge in [-0.15, -0.1) is 0 Å². The van der Waals surface area contributed by atoms with Gasteiger partial charge in [-0.05, 0) is 48.9 Å². The van der Waals surface area contributed by atoms with Crippen molar-refractivity contribution in [3.05, 3.63) is 90.0 Å². The van der Waals surface area contributed by atoms with E-state index in [2.05, 4.69) is 5.32 Å². The number of carbonyl (C=O) groups excluding carboxylic acids is 2. The molecule has 2 amide bonds. The molecule has 4 rings (SSSR count). The number of aryl methyl sites for hydroxylation is 1. The van der Waals surface area contributed by atoms with Crippen molar-refractivity contribution in [3.63, 3.8) is 0 Å². The summed E-state index contributed by atoms with van der Waals surface area (Å²) in [6, 6.07) is 25.0. The van der Waals surface area contributed by atoms with Gasteiger partial charge in [0.15, 0.2) is 0 Å². The highest BCUT2D eigenvalue weighted by Crippen LogP contribution is 2.26. The van der Waals surface area contributed by atoms with E-state index in [-0.39, 0.29) is 24.2 Å². The average molecular weight is 400 g/mol. The highest BCUT2D eigenvalue weighted by Gasteiger charge is 2.35. The van der Waals surface area contributed by atoms with E-state index in [9.17, 15) is 9.59 Å². The molecule has 0 bridgehead atoms. The zero-order valence-electron chi connectivity index (χ0n) is 16.9. The SMILES string of the molecule is Cc1ccc(N2C[C@H](C(=O)Nc3ccc(OCc4ccccc4)cc3)CC2=O)cc1. The second-order valence-corrected chi connectivity index (χ2v) is 7.53. The summed E-state index contributed by atoms with van der Waals surface area (Å²) < 4.78 is 5.77. The van der Waals surface area contributed by atoms with Crippen LogP contribution in [0.4, 0.5) is 11.4 Å². The summed E-state index contributed by atoms with van der Waals surface area (Å²) in [5.41, 5.74) is 3.75. The van der Waals surface area contributed by atoms with Crippen molar-refractivity contribution < 1.29 is 14.3 Å². The zero-order chi connectivity index (χ0) is 20.9. The number of carbonyl (C=O) groups is 2. The zero-order valence-corrected chi connectivity index (χ0v) is 16.9. The molecular weight excluding hydrogens is 376 g/mol. The second-order valence-electron chi connectivity index (χ2n) is 7.53. The summed E-state index contributed by atoms with van der Waals surface area (Å²) >= 11 is 0. The number of nitrogens with zero attached hydrogens (tertiary/aromatic N) is 1. The Morgan fingerprint density at radius 1 is 1.00 bits per heavy atom. The molecule has 1 fully saturated rings. The number of amides is 2. The van der Waals surface area contributed by atoms with Crippen molar-refractivity contribution in [2.45, 2.75) is 20.0 Å². The largest absolute Gasteiger partial charge is 0.489 e. The Labute approximate surface area is 176 Å². The molecular formula is C25H24N2O3. The Morgan fingerprint density at radius 2 is 1.70 bits per heavy atom. The highest BCUT2D eigenvalue weighted by molar-refractivity contribution is 6.03. The van der Waals surface area contributed by atoms with Crippen LogP contribution in [0.2, 0.25) is 0 Å². The smallest absolute Gasteiger partial charge is 0.229 e. The Balaban J connectivity index is 1.32. The summed E-state index contributed by atoms with van der Waals surface area (Å²) in [6.07, 6.45) is 0.220. The van der Waals surface area contributed by atoms with Gasteiger partial charge in [0.25, 0.3) is 0 Å². The van der Waals surface area contributed by atoms with Gasteiger partial charge in [-0.25, -0.2) is 0 Å². The van der Waals surface area contributed by atoms with Crippen LogP contribution in [0.1, 0.15) is 17.5 Å². The lowest BCUT2D eigenvalue weighted by Gasteiger charge is -2.17. The molecule has 0 radical (unpaired) electrons. The fourth-order valence-electron chi connectivity index (χ4n) is 3.48. The van der Waals surface area contributed by atoms with Crippen LogP contribution in [0.15, 0.2) is 78.9 Å². The van der Waals surface area contributed by atoms with E-state index in [1.54, 1.807) is 4.90 Å². The molecule has 152 valence electrons. The van der Waals surface area contributed by atoms with E-state index in [1.807, 2.05) is 85.8 Å². The summed E-state index contributed by atoms with van der Waals surface area (Å²) in [7, 11) is 0. The maximum Gasteiger partial charge on any atom is 0.229 e. The first kappa shape index (κ1) is 19.7. The van der Waals surface area contributed by atoms with Crippen molar-refractivity contribution >= 4 is 23.2 Å². The minimum absolute atomic E-state index is 0.0244. The first-order valence-electron chi connectivity index (χ1n) is 10.0. The van der Waals surface area contributed by atoms with Crippen molar-refractivity contribution in [3.8, 4) is 5.75 Å². The third-order valence-electron chi connectivity index (χ3n) is 5.21. The Hall–Kier alpha value is -3.60. The lowest BCUT2D eigenvalue weighted by atomic mass is 10.1. The normalized spacial score (nSPS) is 15.8. The maximum absolute atomic E-state index is 12.7. The quantitative estimate of drug-likeness (QED) is 0.660. The van der Waals surface area contributed by atoms with Crippen LogP contribution >= 0.6 is 0 Å². The lowest BCUT2D eigenvalue weighted by molar-refractivity contribution is -0.122. The molecule has 1 saturated heterocycles. The molecule has 0 unspecified atom stereocenters. The van der Waals surface area contributed by atoms with E-state index < -0.39 is 0 Å². The highest BCUT2D eigenvalue weighted by atomic mass is 16.5. The van der Waals surface area contributed by atoms with Crippen LogP contribution in [0, 0.1) is 12.8 Å². The van der Waals surface area contributed by atoms with Crippen molar-refractivity contribution in [1.29, 1.82) is 0 Å². The molecule has 1 heterocycles. The van der Waals surface area contributed by atoms with Crippen LogP contribution in [0.25, 0.3) is 0 Å². The number of anilines is 2. The predicted molar refractivity (Wildman–Crippen MR) is 117 cm³/mol. The minimum atomic E-state index is -0.368. The minimum Gasteiger partial charge on any atom is -0.489 e. The fourth-order valence-corrected chi connectivity index (χ4v) is 3.48. The van der Waals surface area contributed by atoms with Gasteiger partial charge in [0.2, 0.25) is 11.8 Å². The van der Waals surface area contributed by atoms with Gasteiger partial charge in [0.1, 0.15) is 12.4 Å². The van der Waals surface area contributed by atoms with Gasteiger partial charge >= 0.3 is 0 Å². The van der Waals surface area contributed by atoms with Gasteiger partial charge < -0.3 is 15.0 Å². The fraction of sp³-hybridized carbons (Fsp3) is 0.200. The van der Waals surface area contributed by atoms with Crippen LogP contribution in [0.3, 0.4) is 0 Å². The van der Waals surface area contributed by atoms with E-state index in [0.29, 0.717) is 18.8 Å². The van der Waals surface area contributed by atoms with Gasteiger partial charge in [0.05, 0.1) is 5.92 Å². The van der Waals surface area contributed by atoms with Gasteiger partial charge in [-0.2, -0.15) is 0 Å².